The number of carbonyl (C=O) groups is 1. The topological polar surface area (TPSA) is 94.9 Å². The maximum absolute atomic E-state index is 13.2. The van der Waals surface area contributed by atoms with Gasteiger partial charge in [-0.1, -0.05) is 18.2 Å². The van der Waals surface area contributed by atoms with Gasteiger partial charge in [-0.25, -0.2) is 5.43 Å². The SMILES string of the molecule is CCN(c1ccccc1)S(=O)(=O)c1ccc(C2NNCC2C(=O)N2CCCCC2)o1. The van der Waals surface area contributed by atoms with Crippen LogP contribution in [0.5, 0.6) is 0 Å². The molecular formula is C21H28N4O4S. The monoisotopic (exact) mass is 432 g/mol. The summed E-state index contributed by atoms with van der Waals surface area (Å²) in [6.45, 7) is 4.10. The summed E-state index contributed by atoms with van der Waals surface area (Å²) in [6.07, 6.45) is 3.21. The first-order valence-corrected chi connectivity index (χ1v) is 11.9. The third-order valence-electron chi connectivity index (χ3n) is 5.75. The number of likely N-dealkylation sites (tertiary alicyclic amines) is 1. The lowest BCUT2D eigenvalue weighted by Gasteiger charge is -2.30. The summed E-state index contributed by atoms with van der Waals surface area (Å²) in [5, 5.41) is -0.124. The van der Waals surface area contributed by atoms with E-state index in [0.717, 1.165) is 32.4 Å². The molecule has 2 aliphatic heterocycles. The molecule has 0 saturated carbocycles. The Kier molecular flexibility index (Phi) is 6.12. The predicted molar refractivity (Wildman–Crippen MR) is 113 cm³/mol. The first-order chi connectivity index (χ1) is 14.5. The lowest BCUT2D eigenvalue weighted by molar-refractivity contribution is -0.136. The Morgan fingerprint density at radius 2 is 1.87 bits per heavy atom. The van der Waals surface area contributed by atoms with E-state index in [1.54, 1.807) is 37.3 Å². The van der Waals surface area contributed by atoms with Crippen molar-refractivity contribution >= 4 is 21.6 Å². The number of hydrogen-bond acceptors (Lipinski definition) is 6. The van der Waals surface area contributed by atoms with Crippen LogP contribution in [0.2, 0.25) is 0 Å². The van der Waals surface area contributed by atoms with Crippen LogP contribution in [0.3, 0.4) is 0 Å². The van der Waals surface area contributed by atoms with Gasteiger partial charge in [0.1, 0.15) is 5.76 Å². The van der Waals surface area contributed by atoms with E-state index in [1.165, 1.54) is 10.4 Å². The number of nitrogens with zero attached hydrogens (tertiary/aromatic N) is 2. The number of hydrogen-bond donors (Lipinski definition) is 2. The largest absolute Gasteiger partial charge is 0.446 e. The van der Waals surface area contributed by atoms with Crippen LogP contribution >= 0.6 is 0 Å². The van der Waals surface area contributed by atoms with Crippen molar-refractivity contribution in [2.45, 2.75) is 37.3 Å². The summed E-state index contributed by atoms with van der Waals surface area (Å²) in [7, 11) is -3.85. The molecule has 1 amide bonds. The average molecular weight is 433 g/mol. The second-order valence-electron chi connectivity index (χ2n) is 7.66. The van der Waals surface area contributed by atoms with E-state index in [1.807, 2.05) is 11.0 Å². The van der Waals surface area contributed by atoms with Gasteiger partial charge in [0.15, 0.2) is 0 Å². The minimum absolute atomic E-state index is 0.0810. The highest BCUT2D eigenvalue weighted by atomic mass is 32.2. The smallest absolute Gasteiger partial charge is 0.297 e. The minimum Gasteiger partial charge on any atom is -0.446 e. The summed E-state index contributed by atoms with van der Waals surface area (Å²) >= 11 is 0. The molecule has 2 saturated heterocycles. The first kappa shape index (κ1) is 20.9. The van der Waals surface area contributed by atoms with E-state index in [4.69, 9.17) is 4.42 Å². The van der Waals surface area contributed by atoms with Crippen LogP contribution in [0.1, 0.15) is 38.0 Å². The van der Waals surface area contributed by atoms with Crippen molar-refractivity contribution in [2.75, 3.05) is 30.5 Å². The van der Waals surface area contributed by atoms with E-state index in [0.29, 0.717) is 18.0 Å². The molecule has 1 aromatic heterocycles. The zero-order chi connectivity index (χ0) is 21.1. The first-order valence-electron chi connectivity index (χ1n) is 10.5. The highest BCUT2D eigenvalue weighted by molar-refractivity contribution is 7.92. The molecule has 9 heteroatoms. The van der Waals surface area contributed by atoms with Crippen molar-refractivity contribution < 1.29 is 17.6 Å². The second-order valence-corrected chi connectivity index (χ2v) is 9.45. The fraction of sp³-hybridized carbons (Fsp3) is 0.476. The highest BCUT2D eigenvalue weighted by Crippen LogP contribution is 2.32. The number of sulfonamides is 1. The number of piperidine rings is 1. The summed E-state index contributed by atoms with van der Waals surface area (Å²) < 4.78 is 33.5. The van der Waals surface area contributed by atoms with Crippen LogP contribution in [0.15, 0.2) is 52.0 Å². The molecule has 30 heavy (non-hydrogen) atoms. The molecule has 2 aromatic rings. The third kappa shape index (κ3) is 3.97. The number of hydrazine groups is 1. The molecule has 0 spiro atoms. The van der Waals surface area contributed by atoms with Gasteiger partial charge in [-0.3, -0.25) is 14.5 Å². The van der Waals surface area contributed by atoms with E-state index >= 15 is 0 Å². The molecule has 8 nitrogen and oxygen atoms in total. The Balaban J connectivity index is 1.56. The van der Waals surface area contributed by atoms with E-state index < -0.39 is 16.1 Å². The summed E-state index contributed by atoms with van der Waals surface area (Å²) in [5.74, 6) is 0.191. The molecule has 0 bridgehead atoms. The number of anilines is 1. The Hall–Kier alpha value is -2.36. The van der Waals surface area contributed by atoms with Gasteiger partial charge >= 0.3 is 0 Å². The quantitative estimate of drug-likeness (QED) is 0.727. The lowest BCUT2D eigenvalue weighted by atomic mass is 9.97. The standard InChI is InChI=1S/C21H28N4O4S/c1-2-25(16-9-5-3-6-10-16)30(27,28)19-12-11-18(29-19)20-17(15-22-23-20)21(26)24-13-7-4-8-14-24/h3,5-6,9-12,17,20,22-23H,2,4,7-8,13-15H2,1H3. The summed E-state index contributed by atoms with van der Waals surface area (Å²) in [4.78, 5) is 14.9. The fourth-order valence-corrected chi connectivity index (χ4v) is 5.58. The highest BCUT2D eigenvalue weighted by Gasteiger charge is 2.39. The number of amides is 1. The molecule has 2 aliphatic rings. The van der Waals surface area contributed by atoms with Gasteiger partial charge < -0.3 is 9.32 Å². The van der Waals surface area contributed by atoms with Crippen molar-refractivity contribution in [3.63, 3.8) is 0 Å². The maximum atomic E-state index is 13.2. The molecule has 2 fully saturated rings. The number of nitrogens with one attached hydrogen (secondary N) is 2. The maximum Gasteiger partial charge on any atom is 0.297 e. The van der Waals surface area contributed by atoms with Gasteiger partial charge in [0.2, 0.25) is 11.0 Å². The molecule has 0 aliphatic carbocycles. The van der Waals surface area contributed by atoms with E-state index in [-0.39, 0.29) is 23.5 Å². The van der Waals surface area contributed by atoms with Crippen LogP contribution in [0.4, 0.5) is 5.69 Å². The average Bonchev–Trinajstić information content (AvgIpc) is 3.45. The second kappa shape index (κ2) is 8.79. The van der Waals surface area contributed by atoms with E-state index in [2.05, 4.69) is 10.9 Å². The van der Waals surface area contributed by atoms with Crippen molar-refractivity contribution in [3.05, 3.63) is 48.2 Å². The molecule has 162 valence electrons. The molecule has 2 atom stereocenters. The van der Waals surface area contributed by atoms with Crippen LogP contribution in [-0.4, -0.2) is 45.4 Å². The zero-order valence-electron chi connectivity index (χ0n) is 17.1. The van der Waals surface area contributed by atoms with E-state index in [9.17, 15) is 13.2 Å². The number of benzene rings is 1. The van der Waals surface area contributed by atoms with Crippen LogP contribution in [0.25, 0.3) is 0 Å². The minimum atomic E-state index is -3.85. The molecular weight excluding hydrogens is 404 g/mol. The van der Waals surface area contributed by atoms with Gasteiger partial charge in [-0.15, -0.1) is 0 Å². The molecule has 2 N–H and O–H groups in total. The third-order valence-corrected chi connectivity index (χ3v) is 7.53. The number of furan rings is 1. The summed E-state index contributed by atoms with van der Waals surface area (Å²) in [5.41, 5.74) is 6.69. The molecule has 1 aromatic carbocycles. The van der Waals surface area contributed by atoms with Gasteiger partial charge in [-0.05, 0) is 50.5 Å². The number of carbonyl (C=O) groups excluding carboxylic acids is 1. The Morgan fingerprint density at radius 3 is 2.57 bits per heavy atom. The molecule has 3 heterocycles. The van der Waals surface area contributed by atoms with Gasteiger partial charge in [0.05, 0.1) is 17.6 Å². The number of para-hydroxylation sites is 1. The van der Waals surface area contributed by atoms with Crippen molar-refractivity contribution in [1.29, 1.82) is 0 Å². The predicted octanol–water partition coefficient (Wildman–Crippen LogP) is 2.27. The van der Waals surface area contributed by atoms with Crippen LogP contribution in [0, 0.1) is 5.92 Å². The normalized spacial score (nSPS) is 22.2. The van der Waals surface area contributed by atoms with Gasteiger partial charge in [0.25, 0.3) is 10.0 Å². The zero-order valence-corrected chi connectivity index (χ0v) is 17.9. The molecule has 4 rings (SSSR count). The Morgan fingerprint density at radius 1 is 1.13 bits per heavy atom. The molecule has 2 unspecified atom stereocenters. The lowest BCUT2D eigenvalue weighted by Crippen LogP contribution is -2.42. The van der Waals surface area contributed by atoms with Crippen molar-refractivity contribution in [2.24, 2.45) is 5.92 Å². The van der Waals surface area contributed by atoms with Crippen molar-refractivity contribution in [3.8, 4) is 0 Å². The molecule has 0 radical (unpaired) electrons. The van der Waals surface area contributed by atoms with Crippen LogP contribution in [-0.2, 0) is 14.8 Å². The Bertz CT molecular complexity index is 970. The fourth-order valence-electron chi connectivity index (χ4n) is 4.18. The number of rotatable bonds is 6. The Labute approximate surface area is 177 Å². The van der Waals surface area contributed by atoms with Crippen LogP contribution < -0.4 is 15.2 Å². The van der Waals surface area contributed by atoms with Gasteiger partial charge in [-0.2, -0.15) is 8.42 Å². The van der Waals surface area contributed by atoms with Gasteiger partial charge in [0, 0.05) is 26.2 Å². The van der Waals surface area contributed by atoms with Crippen molar-refractivity contribution in [1.82, 2.24) is 15.8 Å². The summed E-state index contributed by atoms with van der Waals surface area (Å²) in [6, 6.07) is 11.6.